The van der Waals surface area contributed by atoms with E-state index in [4.69, 9.17) is 0 Å². The molecule has 0 amide bonds. The van der Waals surface area contributed by atoms with Crippen LogP contribution in [0.25, 0.3) is 0 Å². The van der Waals surface area contributed by atoms with Gasteiger partial charge in [0.1, 0.15) is 0 Å². The van der Waals surface area contributed by atoms with Crippen LogP contribution in [-0.2, 0) is 0 Å². The summed E-state index contributed by atoms with van der Waals surface area (Å²) >= 11 is 0. The van der Waals surface area contributed by atoms with Gasteiger partial charge in [-0.15, -0.1) is 0 Å². The van der Waals surface area contributed by atoms with Gasteiger partial charge in [0.2, 0.25) is 0 Å². The minimum atomic E-state index is -0.127. The molecular formula is C18H38FNa. The van der Waals surface area contributed by atoms with Crippen LogP contribution in [0, 0.1) is 0 Å². The summed E-state index contributed by atoms with van der Waals surface area (Å²) < 4.78 is 11.9. The number of hydrogen-bond acceptors (Lipinski definition) is 0. The molecule has 0 saturated carbocycles. The Bertz CT molecular complexity index is 134. The fraction of sp³-hybridized carbons (Fsp3) is 1.00. The standard InChI is InChI=1S/C18H37F.Na.H/c1-2-3-4-5-6-7-8-9-10-11-12-13-14-15-16-17-18-19;;/h2-18H2,1H3;;. The van der Waals surface area contributed by atoms with Gasteiger partial charge >= 0.3 is 29.6 Å². The Kier molecular flexibility index (Phi) is 25.8. The van der Waals surface area contributed by atoms with Crippen molar-refractivity contribution in [3.05, 3.63) is 0 Å². The van der Waals surface area contributed by atoms with Crippen molar-refractivity contribution >= 4 is 29.6 Å². The molecule has 0 aliphatic rings. The van der Waals surface area contributed by atoms with Gasteiger partial charge in [0, 0.05) is 0 Å². The summed E-state index contributed by atoms with van der Waals surface area (Å²) in [5.74, 6) is 0. The first-order valence-electron chi connectivity index (χ1n) is 8.97. The molecule has 0 aromatic heterocycles. The molecular weight excluding hydrogens is 258 g/mol. The number of rotatable bonds is 16. The van der Waals surface area contributed by atoms with Crippen molar-refractivity contribution in [3.63, 3.8) is 0 Å². The molecule has 0 aromatic carbocycles. The van der Waals surface area contributed by atoms with Crippen LogP contribution in [0.2, 0.25) is 0 Å². The monoisotopic (exact) mass is 296 g/mol. The molecule has 0 fully saturated rings. The first kappa shape index (κ1) is 23.2. The molecule has 0 bridgehead atoms. The molecule has 118 valence electrons. The molecule has 0 nitrogen and oxygen atoms in total. The third-order valence-electron chi connectivity index (χ3n) is 3.99. The van der Waals surface area contributed by atoms with Gasteiger partial charge in [0.25, 0.3) is 0 Å². The molecule has 0 aliphatic carbocycles. The zero-order chi connectivity index (χ0) is 14.0. The third kappa shape index (κ3) is 21.2. The van der Waals surface area contributed by atoms with Crippen molar-refractivity contribution in [2.75, 3.05) is 6.67 Å². The molecule has 0 aromatic rings. The van der Waals surface area contributed by atoms with Crippen LogP contribution in [-0.4, -0.2) is 36.2 Å². The number of hydrogen-bond donors (Lipinski definition) is 0. The molecule has 0 heterocycles. The van der Waals surface area contributed by atoms with E-state index in [-0.39, 0.29) is 36.2 Å². The van der Waals surface area contributed by atoms with Crippen LogP contribution in [0.15, 0.2) is 0 Å². The molecule has 0 rings (SSSR count). The van der Waals surface area contributed by atoms with Crippen molar-refractivity contribution < 1.29 is 4.39 Å². The summed E-state index contributed by atoms with van der Waals surface area (Å²) in [5.41, 5.74) is 0. The molecule has 2 heteroatoms. The fourth-order valence-electron chi connectivity index (χ4n) is 2.64. The van der Waals surface area contributed by atoms with Gasteiger partial charge < -0.3 is 0 Å². The maximum atomic E-state index is 11.9. The first-order chi connectivity index (χ1) is 9.41. The summed E-state index contributed by atoms with van der Waals surface area (Å²) in [5, 5.41) is 0. The third-order valence-corrected chi connectivity index (χ3v) is 3.99. The molecule has 0 atom stereocenters. The Labute approximate surface area is 150 Å². The molecule has 0 spiro atoms. The van der Waals surface area contributed by atoms with Crippen molar-refractivity contribution in [2.24, 2.45) is 0 Å². The van der Waals surface area contributed by atoms with Gasteiger partial charge in [0.15, 0.2) is 0 Å². The Morgan fingerprint density at radius 2 is 0.700 bits per heavy atom. The normalized spacial score (nSPS) is 10.5. The second-order valence-electron chi connectivity index (χ2n) is 5.99. The number of unbranched alkanes of at least 4 members (excludes halogenated alkanes) is 15. The number of halogens is 1. The van der Waals surface area contributed by atoms with Crippen molar-refractivity contribution in [3.8, 4) is 0 Å². The second kappa shape index (κ2) is 22.2. The molecule has 20 heavy (non-hydrogen) atoms. The van der Waals surface area contributed by atoms with E-state index in [1.807, 2.05) is 0 Å². The van der Waals surface area contributed by atoms with Crippen LogP contribution >= 0.6 is 0 Å². The van der Waals surface area contributed by atoms with Gasteiger partial charge in [-0.25, -0.2) is 0 Å². The average Bonchev–Trinajstić information content (AvgIpc) is 2.43. The zero-order valence-electron chi connectivity index (χ0n) is 13.4. The Morgan fingerprint density at radius 3 is 0.950 bits per heavy atom. The SMILES string of the molecule is CCCCCCCCCCCCCCCCCCF.[NaH]. The predicted octanol–water partition coefficient (Wildman–Crippen LogP) is 6.57. The van der Waals surface area contributed by atoms with Crippen LogP contribution in [0.4, 0.5) is 4.39 Å². The summed E-state index contributed by atoms with van der Waals surface area (Å²) in [6.07, 6.45) is 21.5. The van der Waals surface area contributed by atoms with Gasteiger partial charge in [-0.1, -0.05) is 103 Å². The van der Waals surface area contributed by atoms with E-state index < -0.39 is 0 Å². The van der Waals surface area contributed by atoms with E-state index in [1.54, 1.807) is 0 Å². The first-order valence-corrected chi connectivity index (χ1v) is 8.97. The fourth-order valence-corrected chi connectivity index (χ4v) is 2.64. The minimum absolute atomic E-state index is 0. The van der Waals surface area contributed by atoms with Gasteiger partial charge in [-0.05, 0) is 6.42 Å². The second-order valence-corrected chi connectivity index (χ2v) is 5.99. The van der Waals surface area contributed by atoms with E-state index in [0.29, 0.717) is 0 Å². The predicted molar refractivity (Wildman–Crippen MR) is 92.7 cm³/mol. The van der Waals surface area contributed by atoms with E-state index in [2.05, 4.69) is 6.92 Å². The van der Waals surface area contributed by atoms with Crippen LogP contribution in [0.1, 0.15) is 110 Å². The van der Waals surface area contributed by atoms with Gasteiger partial charge in [0.05, 0.1) is 6.67 Å². The molecule has 0 aliphatic heterocycles. The van der Waals surface area contributed by atoms with Crippen molar-refractivity contribution in [2.45, 2.75) is 110 Å². The summed E-state index contributed by atoms with van der Waals surface area (Å²) in [7, 11) is 0. The molecule has 0 N–H and O–H groups in total. The van der Waals surface area contributed by atoms with Gasteiger partial charge in [-0.2, -0.15) is 0 Å². The Morgan fingerprint density at radius 1 is 0.450 bits per heavy atom. The van der Waals surface area contributed by atoms with Crippen molar-refractivity contribution in [1.82, 2.24) is 0 Å². The van der Waals surface area contributed by atoms with Crippen LogP contribution in [0.3, 0.4) is 0 Å². The number of alkyl halides is 1. The van der Waals surface area contributed by atoms with E-state index >= 15 is 0 Å². The average molecular weight is 296 g/mol. The van der Waals surface area contributed by atoms with E-state index in [0.717, 1.165) is 12.8 Å². The molecule has 0 saturated heterocycles. The molecule has 0 unspecified atom stereocenters. The topological polar surface area (TPSA) is 0 Å². The zero-order valence-corrected chi connectivity index (χ0v) is 13.4. The quantitative estimate of drug-likeness (QED) is 0.223. The summed E-state index contributed by atoms with van der Waals surface area (Å²) in [4.78, 5) is 0. The Balaban J connectivity index is 0. The van der Waals surface area contributed by atoms with E-state index in [9.17, 15) is 4.39 Å². The maximum absolute atomic E-state index is 11.9. The molecule has 0 radical (unpaired) electrons. The van der Waals surface area contributed by atoms with Crippen molar-refractivity contribution in [1.29, 1.82) is 0 Å². The summed E-state index contributed by atoms with van der Waals surface area (Å²) in [6.45, 7) is 2.15. The van der Waals surface area contributed by atoms with Gasteiger partial charge in [-0.3, -0.25) is 4.39 Å². The van der Waals surface area contributed by atoms with Crippen LogP contribution in [0.5, 0.6) is 0 Å². The van der Waals surface area contributed by atoms with Crippen LogP contribution < -0.4 is 0 Å². The Hall–Kier alpha value is 0.930. The summed E-state index contributed by atoms with van der Waals surface area (Å²) in [6, 6.07) is 0. The van der Waals surface area contributed by atoms with E-state index in [1.165, 1.54) is 89.9 Å².